The smallest absolute Gasteiger partial charge is 0.326 e. The van der Waals surface area contributed by atoms with Crippen LogP contribution >= 0.6 is 11.8 Å². The van der Waals surface area contributed by atoms with Gasteiger partial charge in [0, 0.05) is 12.6 Å². The van der Waals surface area contributed by atoms with Gasteiger partial charge in [-0.15, -0.1) is 0 Å². The lowest BCUT2D eigenvalue weighted by Crippen LogP contribution is -2.59. The van der Waals surface area contributed by atoms with Gasteiger partial charge in [-0.3, -0.25) is 14.4 Å². The van der Waals surface area contributed by atoms with E-state index < -0.39 is 47.9 Å². The first-order valence-corrected chi connectivity index (χ1v) is 12.2. The van der Waals surface area contributed by atoms with E-state index in [1.54, 1.807) is 33.9 Å². The third-order valence-electron chi connectivity index (χ3n) is 5.04. The van der Waals surface area contributed by atoms with Crippen LogP contribution in [0.5, 0.6) is 0 Å². The Morgan fingerprint density at radius 1 is 1.03 bits per heavy atom. The molecule has 7 N–H and O–H groups in total. The minimum atomic E-state index is -1.15. The fourth-order valence-corrected chi connectivity index (χ4v) is 3.52. The van der Waals surface area contributed by atoms with Gasteiger partial charge in [-0.25, -0.2) is 9.78 Å². The molecule has 0 aliphatic rings. The topological polar surface area (TPSA) is 179 Å². The summed E-state index contributed by atoms with van der Waals surface area (Å²) in [5.74, 6) is -2.83. The number of nitrogens with one attached hydrogen (secondary N) is 4. The molecule has 0 spiro atoms. The van der Waals surface area contributed by atoms with E-state index in [1.807, 2.05) is 6.26 Å². The second-order valence-corrected chi connectivity index (χ2v) is 9.50. The predicted octanol–water partition coefficient (Wildman–Crippen LogP) is -0.116. The summed E-state index contributed by atoms with van der Waals surface area (Å²) in [6.07, 6.45) is 5.54. The van der Waals surface area contributed by atoms with Gasteiger partial charge < -0.3 is 31.8 Å². The van der Waals surface area contributed by atoms with Crippen molar-refractivity contribution in [2.75, 3.05) is 12.0 Å². The molecular weight excluding hydrogens is 448 g/mol. The van der Waals surface area contributed by atoms with Crippen LogP contribution in [-0.4, -0.2) is 74.9 Å². The Labute approximate surface area is 198 Å². The first kappa shape index (κ1) is 28.4. The number of carbonyl (C=O) groups excluding carboxylic acids is 3. The molecule has 1 heterocycles. The molecular formula is C21H36N6O5S. The number of carboxylic acids is 1. The number of aromatic amines is 1. The highest BCUT2D eigenvalue weighted by atomic mass is 32.2. The van der Waals surface area contributed by atoms with E-state index in [1.165, 1.54) is 18.1 Å². The maximum absolute atomic E-state index is 13.0. The highest BCUT2D eigenvalue weighted by molar-refractivity contribution is 7.98. The average Bonchev–Trinajstić information content (AvgIpc) is 3.24. The Balaban J connectivity index is 2.88. The molecule has 0 saturated carbocycles. The molecule has 33 heavy (non-hydrogen) atoms. The van der Waals surface area contributed by atoms with Crippen LogP contribution in [0.4, 0.5) is 0 Å². The number of rotatable bonds is 14. The van der Waals surface area contributed by atoms with Crippen LogP contribution < -0.4 is 21.7 Å². The second kappa shape index (κ2) is 13.8. The SMILES string of the molecule is CSCC[C@H](NC(=O)[C@@H](N)Cc1c[nH]cn1)C(=O)N[C@H](C(=O)N[C@H](C(=O)O)C(C)C)C(C)C. The monoisotopic (exact) mass is 484 g/mol. The van der Waals surface area contributed by atoms with Crippen LogP contribution in [0.25, 0.3) is 0 Å². The van der Waals surface area contributed by atoms with Crippen LogP contribution in [-0.2, 0) is 25.6 Å². The summed E-state index contributed by atoms with van der Waals surface area (Å²) < 4.78 is 0. The number of aliphatic carboxylic acids is 1. The van der Waals surface area contributed by atoms with Crippen LogP contribution in [0.1, 0.15) is 39.8 Å². The molecule has 0 aliphatic carbocycles. The zero-order valence-electron chi connectivity index (χ0n) is 19.8. The molecule has 0 fully saturated rings. The van der Waals surface area contributed by atoms with Crippen molar-refractivity contribution < 1.29 is 24.3 Å². The highest BCUT2D eigenvalue weighted by Crippen LogP contribution is 2.09. The van der Waals surface area contributed by atoms with Gasteiger partial charge in [-0.1, -0.05) is 27.7 Å². The molecule has 1 aromatic heterocycles. The average molecular weight is 485 g/mol. The number of carboxylic acid groups (broad SMARTS) is 1. The van der Waals surface area contributed by atoms with Crippen molar-refractivity contribution in [2.45, 2.75) is 64.7 Å². The highest BCUT2D eigenvalue weighted by Gasteiger charge is 2.32. The normalized spacial score (nSPS) is 14.9. The van der Waals surface area contributed by atoms with Crippen LogP contribution in [0.3, 0.4) is 0 Å². The Morgan fingerprint density at radius 2 is 1.64 bits per heavy atom. The van der Waals surface area contributed by atoms with Gasteiger partial charge in [-0.2, -0.15) is 11.8 Å². The molecule has 0 aromatic carbocycles. The van der Waals surface area contributed by atoms with E-state index in [0.29, 0.717) is 17.9 Å². The Hall–Kier alpha value is -2.60. The lowest BCUT2D eigenvalue weighted by Gasteiger charge is -2.27. The number of hydrogen-bond acceptors (Lipinski definition) is 7. The molecule has 1 aromatic rings. The molecule has 0 bridgehead atoms. The number of nitrogens with two attached hydrogens (primary N) is 1. The standard InChI is InChI=1S/C21H36N6O5S/c1-11(2)16(20(30)27-17(12(3)4)21(31)32)26-19(29)15(6-7-33-5)25-18(28)14(22)8-13-9-23-10-24-13/h9-12,14-17H,6-8,22H2,1-5H3,(H,23,24)(H,25,28)(H,26,29)(H,27,30)(H,31,32)/t14-,15-,16-,17-/m0/s1. The third kappa shape index (κ3) is 9.42. The lowest BCUT2D eigenvalue weighted by atomic mass is 9.99. The zero-order valence-corrected chi connectivity index (χ0v) is 20.6. The Bertz CT molecular complexity index is 786. The molecule has 12 heteroatoms. The molecule has 1 rings (SSSR count). The van der Waals surface area contributed by atoms with Gasteiger partial charge in [0.15, 0.2) is 0 Å². The molecule has 186 valence electrons. The molecule has 11 nitrogen and oxygen atoms in total. The van der Waals surface area contributed by atoms with E-state index in [4.69, 9.17) is 5.73 Å². The predicted molar refractivity (Wildman–Crippen MR) is 126 cm³/mol. The first-order valence-electron chi connectivity index (χ1n) is 10.8. The fraction of sp³-hybridized carbons (Fsp3) is 0.667. The number of nitrogens with zero attached hydrogens (tertiary/aromatic N) is 1. The zero-order chi connectivity index (χ0) is 25.1. The Morgan fingerprint density at radius 3 is 2.12 bits per heavy atom. The van der Waals surface area contributed by atoms with Gasteiger partial charge in [0.25, 0.3) is 0 Å². The van der Waals surface area contributed by atoms with Crippen molar-refractivity contribution in [2.24, 2.45) is 17.6 Å². The first-order chi connectivity index (χ1) is 15.5. The molecule has 3 amide bonds. The van der Waals surface area contributed by atoms with Gasteiger partial charge in [0.05, 0.1) is 18.1 Å². The molecule has 0 radical (unpaired) electrons. The minimum absolute atomic E-state index is 0.203. The van der Waals surface area contributed by atoms with Crippen molar-refractivity contribution in [3.63, 3.8) is 0 Å². The largest absolute Gasteiger partial charge is 0.480 e. The second-order valence-electron chi connectivity index (χ2n) is 8.51. The number of amides is 3. The molecule has 4 atom stereocenters. The van der Waals surface area contributed by atoms with Crippen molar-refractivity contribution >= 4 is 35.5 Å². The fourth-order valence-electron chi connectivity index (χ4n) is 3.05. The third-order valence-corrected chi connectivity index (χ3v) is 5.69. The lowest BCUT2D eigenvalue weighted by molar-refractivity contribution is -0.143. The van der Waals surface area contributed by atoms with E-state index in [-0.39, 0.29) is 18.3 Å². The number of carbonyl (C=O) groups is 4. The van der Waals surface area contributed by atoms with Gasteiger partial charge >= 0.3 is 5.97 Å². The maximum Gasteiger partial charge on any atom is 0.326 e. The summed E-state index contributed by atoms with van der Waals surface area (Å²) in [4.78, 5) is 56.7. The summed E-state index contributed by atoms with van der Waals surface area (Å²) in [7, 11) is 0. The van der Waals surface area contributed by atoms with Crippen molar-refractivity contribution in [1.29, 1.82) is 0 Å². The minimum Gasteiger partial charge on any atom is -0.480 e. The van der Waals surface area contributed by atoms with Crippen LogP contribution in [0.2, 0.25) is 0 Å². The number of imidazole rings is 1. The molecule has 0 unspecified atom stereocenters. The number of H-pyrrole nitrogens is 1. The van der Waals surface area contributed by atoms with E-state index in [9.17, 15) is 24.3 Å². The van der Waals surface area contributed by atoms with Gasteiger partial charge in [0.1, 0.15) is 18.1 Å². The van der Waals surface area contributed by atoms with Crippen LogP contribution in [0, 0.1) is 11.8 Å². The van der Waals surface area contributed by atoms with Crippen LogP contribution in [0.15, 0.2) is 12.5 Å². The van der Waals surface area contributed by atoms with E-state index >= 15 is 0 Å². The number of aromatic nitrogens is 2. The Kier molecular flexibility index (Phi) is 11.9. The quantitative estimate of drug-likeness (QED) is 0.211. The molecule has 0 aliphatic heterocycles. The van der Waals surface area contributed by atoms with Crippen molar-refractivity contribution in [3.8, 4) is 0 Å². The summed E-state index contributed by atoms with van der Waals surface area (Å²) >= 11 is 1.51. The number of thioether (sulfide) groups is 1. The summed E-state index contributed by atoms with van der Waals surface area (Å²) in [5.41, 5.74) is 6.59. The van der Waals surface area contributed by atoms with Crippen molar-refractivity contribution in [1.82, 2.24) is 25.9 Å². The number of hydrogen-bond donors (Lipinski definition) is 6. The summed E-state index contributed by atoms with van der Waals surface area (Å²) in [6, 6.07) is -3.85. The molecule has 0 saturated heterocycles. The summed E-state index contributed by atoms with van der Waals surface area (Å²) in [6.45, 7) is 6.85. The maximum atomic E-state index is 13.0. The van der Waals surface area contributed by atoms with E-state index in [2.05, 4.69) is 25.9 Å². The van der Waals surface area contributed by atoms with Gasteiger partial charge in [0.2, 0.25) is 17.7 Å². The van der Waals surface area contributed by atoms with Gasteiger partial charge in [-0.05, 0) is 30.3 Å². The van der Waals surface area contributed by atoms with Crippen molar-refractivity contribution in [3.05, 3.63) is 18.2 Å². The summed E-state index contributed by atoms with van der Waals surface area (Å²) in [5, 5.41) is 17.2. The van der Waals surface area contributed by atoms with E-state index in [0.717, 1.165) is 0 Å².